The zero-order chi connectivity index (χ0) is 15.8. The molecule has 118 valence electrons. The Morgan fingerprint density at radius 2 is 1.96 bits per heavy atom. The molecule has 2 aromatic rings. The summed E-state index contributed by atoms with van der Waals surface area (Å²) in [5.74, 6) is 1.01. The molecule has 0 radical (unpaired) electrons. The fourth-order valence-corrected chi connectivity index (χ4v) is 4.65. The number of thioether (sulfide) groups is 1. The number of hydrogen-bond acceptors (Lipinski definition) is 3. The summed E-state index contributed by atoms with van der Waals surface area (Å²) in [6.45, 7) is 4.48. The summed E-state index contributed by atoms with van der Waals surface area (Å²) in [6, 6.07) is 11.2. The second kappa shape index (κ2) is 6.14. The van der Waals surface area contributed by atoms with Crippen LogP contribution in [0.25, 0.3) is 5.57 Å². The standard InChI is InChI=1S/C20H22N2S/c1-14-5-6-17-18(12-14)23-13-16-4-3-9-21-20(16)19(17)15-7-10-22(2)11-8-15/h3-6,9,12H,7-8,10-11,13H2,1-2H3. The van der Waals surface area contributed by atoms with E-state index in [0.717, 1.165) is 31.7 Å². The van der Waals surface area contributed by atoms with Crippen molar-refractivity contribution in [1.82, 2.24) is 9.88 Å². The molecule has 2 aliphatic heterocycles. The highest BCUT2D eigenvalue weighted by Crippen LogP contribution is 2.42. The molecule has 1 fully saturated rings. The van der Waals surface area contributed by atoms with Gasteiger partial charge < -0.3 is 4.90 Å². The van der Waals surface area contributed by atoms with Gasteiger partial charge in [-0.2, -0.15) is 0 Å². The van der Waals surface area contributed by atoms with Crippen LogP contribution in [-0.4, -0.2) is 30.0 Å². The van der Waals surface area contributed by atoms with Crippen LogP contribution in [0.15, 0.2) is 47.0 Å². The second-order valence-corrected chi connectivity index (χ2v) is 7.60. The van der Waals surface area contributed by atoms with Gasteiger partial charge >= 0.3 is 0 Å². The Kier molecular flexibility index (Phi) is 4.00. The van der Waals surface area contributed by atoms with Crippen molar-refractivity contribution in [1.29, 1.82) is 0 Å². The third-order valence-electron chi connectivity index (χ3n) is 4.86. The maximum atomic E-state index is 4.79. The number of likely N-dealkylation sites (tertiary alicyclic amines) is 1. The van der Waals surface area contributed by atoms with Crippen molar-refractivity contribution in [3.05, 3.63) is 64.5 Å². The van der Waals surface area contributed by atoms with Crippen molar-refractivity contribution in [2.75, 3.05) is 20.1 Å². The molecule has 23 heavy (non-hydrogen) atoms. The fourth-order valence-electron chi connectivity index (χ4n) is 3.52. The lowest BCUT2D eigenvalue weighted by Gasteiger charge is -2.27. The lowest BCUT2D eigenvalue weighted by Crippen LogP contribution is -2.27. The van der Waals surface area contributed by atoms with Gasteiger partial charge in [0.15, 0.2) is 0 Å². The van der Waals surface area contributed by atoms with Crippen LogP contribution in [0.3, 0.4) is 0 Å². The number of rotatable bonds is 0. The average molecular weight is 322 g/mol. The van der Waals surface area contributed by atoms with Crippen molar-refractivity contribution in [2.24, 2.45) is 0 Å². The molecule has 0 spiro atoms. The summed E-state index contributed by atoms with van der Waals surface area (Å²) < 4.78 is 0. The number of pyridine rings is 1. The van der Waals surface area contributed by atoms with Gasteiger partial charge in [-0.15, -0.1) is 11.8 Å². The molecule has 1 aromatic carbocycles. The third-order valence-corrected chi connectivity index (χ3v) is 5.97. The maximum Gasteiger partial charge on any atom is 0.0748 e. The molecule has 0 saturated carbocycles. The molecule has 3 heteroatoms. The van der Waals surface area contributed by atoms with Crippen LogP contribution in [0.1, 0.15) is 35.2 Å². The van der Waals surface area contributed by atoms with Gasteiger partial charge in [0.1, 0.15) is 0 Å². The minimum Gasteiger partial charge on any atom is -0.306 e. The predicted molar refractivity (Wildman–Crippen MR) is 97.7 cm³/mol. The van der Waals surface area contributed by atoms with Crippen LogP contribution in [-0.2, 0) is 5.75 Å². The highest BCUT2D eigenvalue weighted by molar-refractivity contribution is 7.98. The Bertz CT molecular complexity index is 769. The van der Waals surface area contributed by atoms with Crippen LogP contribution in [0.4, 0.5) is 0 Å². The fraction of sp³-hybridized carbons (Fsp3) is 0.350. The third kappa shape index (κ3) is 2.84. The van der Waals surface area contributed by atoms with Crippen molar-refractivity contribution in [3.8, 4) is 0 Å². The molecule has 0 bridgehead atoms. The molecule has 0 N–H and O–H groups in total. The second-order valence-electron chi connectivity index (χ2n) is 6.58. The number of piperidine rings is 1. The quantitative estimate of drug-likeness (QED) is 0.709. The molecule has 2 nitrogen and oxygen atoms in total. The zero-order valence-electron chi connectivity index (χ0n) is 13.8. The highest BCUT2D eigenvalue weighted by atomic mass is 32.2. The van der Waals surface area contributed by atoms with Crippen LogP contribution >= 0.6 is 11.8 Å². The van der Waals surface area contributed by atoms with E-state index in [9.17, 15) is 0 Å². The first-order chi connectivity index (χ1) is 11.2. The Morgan fingerprint density at radius 3 is 2.78 bits per heavy atom. The van der Waals surface area contributed by atoms with Gasteiger partial charge in [-0.05, 0) is 55.6 Å². The van der Waals surface area contributed by atoms with Crippen LogP contribution < -0.4 is 0 Å². The molecule has 1 aromatic heterocycles. The average Bonchev–Trinajstić information content (AvgIpc) is 2.72. The summed E-state index contributed by atoms with van der Waals surface area (Å²) in [5.41, 5.74) is 8.29. The summed E-state index contributed by atoms with van der Waals surface area (Å²) in [7, 11) is 2.22. The van der Waals surface area contributed by atoms with E-state index in [0.29, 0.717) is 0 Å². The van der Waals surface area contributed by atoms with E-state index in [-0.39, 0.29) is 0 Å². The van der Waals surface area contributed by atoms with Crippen molar-refractivity contribution < 1.29 is 0 Å². The van der Waals surface area contributed by atoms with Crippen molar-refractivity contribution in [2.45, 2.75) is 30.4 Å². The van der Waals surface area contributed by atoms with E-state index in [1.54, 1.807) is 5.57 Å². The van der Waals surface area contributed by atoms with Gasteiger partial charge in [-0.25, -0.2) is 0 Å². The van der Waals surface area contributed by atoms with Crippen LogP contribution in [0, 0.1) is 6.92 Å². The molecule has 0 aliphatic carbocycles. The molecular weight excluding hydrogens is 300 g/mol. The number of hydrogen-bond donors (Lipinski definition) is 0. The Morgan fingerprint density at radius 1 is 1.13 bits per heavy atom. The molecule has 0 atom stereocenters. The van der Waals surface area contributed by atoms with E-state index in [1.807, 2.05) is 18.0 Å². The van der Waals surface area contributed by atoms with E-state index < -0.39 is 0 Å². The Balaban J connectivity index is 1.94. The lowest BCUT2D eigenvalue weighted by molar-refractivity contribution is 0.313. The van der Waals surface area contributed by atoms with E-state index >= 15 is 0 Å². The summed E-state index contributed by atoms with van der Waals surface area (Å²) in [6.07, 6.45) is 4.25. The van der Waals surface area contributed by atoms with Gasteiger partial charge in [0.2, 0.25) is 0 Å². The molecule has 2 aliphatic rings. The maximum absolute atomic E-state index is 4.79. The molecule has 0 amide bonds. The SMILES string of the molecule is Cc1ccc2c(c1)SCc1cccnc1C2=C1CCN(C)CC1. The van der Waals surface area contributed by atoms with E-state index in [2.05, 4.69) is 49.2 Å². The molecular formula is C20H22N2S. The van der Waals surface area contributed by atoms with Gasteiger partial charge in [0.25, 0.3) is 0 Å². The number of benzene rings is 1. The van der Waals surface area contributed by atoms with Gasteiger partial charge in [-0.3, -0.25) is 4.98 Å². The molecule has 4 rings (SSSR count). The first-order valence-corrected chi connectivity index (χ1v) is 9.29. The van der Waals surface area contributed by atoms with E-state index in [1.165, 1.54) is 32.9 Å². The van der Waals surface area contributed by atoms with Gasteiger partial charge in [-0.1, -0.05) is 23.8 Å². The molecule has 1 saturated heterocycles. The Labute approximate surface area is 142 Å². The number of nitrogens with zero attached hydrogens (tertiary/aromatic N) is 2. The monoisotopic (exact) mass is 322 g/mol. The molecule has 0 unspecified atom stereocenters. The van der Waals surface area contributed by atoms with E-state index in [4.69, 9.17) is 4.98 Å². The summed E-state index contributed by atoms with van der Waals surface area (Å²) in [4.78, 5) is 8.62. The number of fused-ring (bicyclic) bond motifs is 2. The topological polar surface area (TPSA) is 16.1 Å². The Hall–Kier alpha value is -1.58. The minimum absolute atomic E-state index is 1.01. The van der Waals surface area contributed by atoms with Crippen LogP contribution in [0.2, 0.25) is 0 Å². The zero-order valence-corrected chi connectivity index (χ0v) is 14.6. The first-order valence-electron chi connectivity index (χ1n) is 8.31. The lowest BCUT2D eigenvalue weighted by atomic mass is 9.89. The largest absolute Gasteiger partial charge is 0.306 e. The predicted octanol–water partition coefficient (Wildman–Crippen LogP) is 4.52. The first kappa shape index (κ1) is 15.0. The smallest absolute Gasteiger partial charge is 0.0748 e. The highest BCUT2D eigenvalue weighted by Gasteiger charge is 2.24. The van der Waals surface area contributed by atoms with Crippen molar-refractivity contribution in [3.63, 3.8) is 0 Å². The van der Waals surface area contributed by atoms with Crippen LogP contribution in [0.5, 0.6) is 0 Å². The van der Waals surface area contributed by atoms with Gasteiger partial charge in [0.05, 0.1) is 5.69 Å². The van der Waals surface area contributed by atoms with Crippen molar-refractivity contribution >= 4 is 17.3 Å². The minimum atomic E-state index is 1.01. The normalized spacial score (nSPS) is 18.3. The van der Waals surface area contributed by atoms with Gasteiger partial charge in [0, 0.05) is 35.5 Å². The molecule has 3 heterocycles. The number of aromatic nitrogens is 1. The summed E-state index contributed by atoms with van der Waals surface area (Å²) >= 11 is 1.95. The number of aryl methyl sites for hydroxylation is 1. The summed E-state index contributed by atoms with van der Waals surface area (Å²) in [5, 5.41) is 0.